The molecule has 0 saturated heterocycles. The number of amides is 1. The van der Waals surface area contributed by atoms with Crippen LogP contribution in [0, 0.1) is 13.8 Å². The first kappa shape index (κ1) is 19.9. The zero-order valence-corrected chi connectivity index (χ0v) is 15.8. The van der Waals surface area contributed by atoms with Crippen LogP contribution < -0.4 is 5.32 Å². The van der Waals surface area contributed by atoms with Gasteiger partial charge < -0.3 is 10.1 Å². The SMILES string of the molecule is CCOCc1ccc(CNC(=O)CCC(=O)c2cc(C)ccc2C)cc1. The van der Waals surface area contributed by atoms with E-state index < -0.39 is 0 Å². The van der Waals surface area contributed by atoms with Crippen molar-refractivity contribution < 1.29 is 14.3 Å². The number of hydrogen-bond acceptors (Lipinski definition) is 3. The first-order valence-electron chi connectivity index (χ1n) is 9.02. The zero-order chi connectivity index (χ0) is 18.9. The molecule has 0 heterocycles. The Morgan fingerprint density at radius 2 is 1.65 bits per heavy atom. The highest BCUT2D eigenvalue weighted by atomic mass is 16.5. The van der Waals surface area contributed by atoms with Crippen LogP contribution in [0.1, 0.15) is 52.4 Å². The largest absolute Gasteiger partial charge is 0.377 e. The van der Waals surface area contributed by atoms with Gasteiger partial charge in [-0.2, -0.15) is 0 Å². The minimum absolute atomic E-state index is 0.0154. The Kier molecular flexibility index (Phi) is 7.54. The minimum atomic E-state index is -0.109. The van der Waals surface area contributed by atoms with Gasteiger partial charge in [-0.3, -0.25) is 9.59 Å². The Labute approximate surface area is 155 Å². The maximum Gasteiger partial charge on any atom is 0.220 e. The molecule has 0 aliphatic carbocycles. The van der Waals surface area contributed by atoms with Crippen molar-refractivity contribution in [3.8, 4) is 0 Å². The van der Waals surface area contributed by atoms with Crippen LogP contribution in [0.5, 0.6) is 0 Å². The molecule has 0 fully saturated rings. The number of ketones is 1. The molecule has 0 aliphatic heterocycles. The molecule has 1 amide bonds. The van der Waals surface area contributed by atoms with E-state index in [9.17, 15) is 9.59 Å². The summed E-state index contributed by atoms with van der Waals surface area (Å²) in [4.78, 5) is 24.4. The molecule has 4 nitrogen and oxygen atoms in total. The summed E-state index contributed by atoms with van der Waals surface area (Å²) in [5, 5.41) is 2.87. The van der Waals surface area contributed by atoms with Crippen molar-refractivity contribution in [3.63, 3.8) is 0 Å². The van der Waals surface area contributed by atoms with E-state index >= 15 is 0 Å². The van der Waals surface area contributed by atoms with Crippen LogP contribution >= 0.6 is 0 Å². The second-order valence-electron chi connectivity index (χ2n) is 6.47. The molecule has 0 bridgehead atoms. The smallest absolute Gasteiger partial charge is 0.220 e. The van der Waals surface area contributed by atoms with Crippen LogP contribution in [-0.4, -0.2) is 18.3 Å². The lowest BCUT2D eigenvalue weighted by Crippen LogP contribution is -2.23. The van der Waals surface area contributed by atoms with Gasteiger partial charge in [0.05, 0.1) is 6.61 Å². The Morgan fingerprint density at radius 1 is 0.962 bits per heavy atom. The maximum atomic E-state index is 12.3. The molecule has 0 atom stereocenters. The van der Waals surface area contributed by atoms with Crippen molar-refractivity contribution in [2.75, 3.05) is 6.61 Å². The summed E-state index contributed by atoms with van der Waals surface area (Å²) in [5.74, 6) is -0.0938. The van der Waals surface area contributed by atoms with Gasteiger partial charge in [-0.15, -0.1) is 0 Å². The third-order valence-electron chi connectivity index (χ3n) is 4.26. The molecule has 0 saturated carbocycles. The lowest BCUT2D eigenvalue weighted by atomic mass is 9.99. The first-order valence-corrected chi connectivity index (χ1v) is 9.02. The van der Waals surface area contributed by atoms with Crippen LogP contribution in [0.2, 0.25) is 0 Å². The number of rotatable bonds is 9. The third-order valence-corrected chi connectivity index (χ3v) is 4.26. The van der Waals surface area contributed by atoms with Gasteiger partial charge >= 0.3 is 0 Å². The molecule has 26 heavy (non-hydrogen) atoms. The molecule has 0 spiro atoms. The standard InChI is InChI=1S/C22H27NO3/c1-4-26-15-19-9-7-18(8-10-19)14-23-22(25)12-11-21(24)20-13-16(2)5-6-17(20)3/h5-10,13H,4,11-12,14-15H2,1-3H3,(H,23,25). The molecule has 2 rings (SSSR count). The van der Waals surface area contributed by atoms with E-state index in [2.05, 4.69) is 5.32 Å². The summed E-state index contributed by atoms with van der Waals surface area (Å²) in [6.45, 7) is 7.60. The molecule has 0 radical (unpaired) electrons. The van der Waals surface area contributed by atoms with E-state index in [1.807, 2.05) is 63.2 Å². The predicted octanol–water partition coefficient (Wildman–Crippen LogP) is 4.12. The van der Waals surface area contributed by atoms with Crippen LogP contribution in [0.15, 0.2) is 42.5 Å². The van der Waals surface area contributed by atoms with Gasteiger partial charge in [0.2, 0.25) is 5.91 Å². The molecule has 2 aromatic rings. The molecule has 2 aromatic carbocycles. The number of ether oxygens (including phenoxy) is 1. The third kappa shape index (κ3) is 6.12. The zero-order valence-electron chi connectivity index (χ0n) is 15.8. The van der Waals surface area contributed by atoms with Crippen LogP contribution in [0.3, 0.4) is 0 Å². The van der Waals surface area contributed by atoms with Gasteiger partial charge in [-0.25, -0.2) is 0 Å². The number of Topliss-reactive ketones (excluding diaryl/α,β-unsaturated/α-hetero) is 1. The summed E-state index contributed by atoms with van der Waals surface area (Å²) in [7, 11) is 0. The molecule has 0 aliphatic rings. The fourth-order valence-electron chi connectivity index (χ4n) is 2.66. The van der Waals surface area contributed by atoms with Gasteiger partial charge in [0.15, 0.2) is 5.78 Å². The molecular formula is C22H27NO3. The average molecular weight is 353 g/mol. The second-order valence-corrected chi connectivity index (χ2v) is 6.47. The van der Waals surface area contributed by atoms with E-state index in [1.54, 1.807) is 0 Å². The summed E-state index contributed by atoms with van der Waals surface area (Å²) in [6.07, 6.45) is 0.429. The highest BCUT2D eigenvalue weighted by Crippen LogP contribution is 2.14. The fraction of sp³-hybridized carbons (Fsp3) is 0.364. The van der Waals surface area contributed by atoms with Crippen molar-refractivity contribution in [1.82, 2.24) is 5.32 Å². The van der Waals surface area contributed by atoms with Crippen molar-refractivity contribution in [2.24, 2.45) is 0 Å². The molecule has 4 heteroatoms. The number of nitrogens with one attached hydrogen (secondary N) is 1. The number of aryl methyl sites for hydroxylation is 2. The summed E-state index contributed by atoms with van der Waals surface area (Å²) < 4.78 is 5.36. The van der Waals surface area contributed by atoms with Gasteiger partial charge in [-0.05, 0) is 43.5 Å². The normalized spacial score (nSPS) is 10.6. The van der Waals surface area contributed by atoms with Crippen molar-refractivity contribution >= 4 is 11.7 Å². The van der Waals surface area contributed by atoms with Gasteiger partial charge in [0, 0.05) is 31.6 Å². The van der Waals surface area contributed by atoms with Crippen molar-refractivity contribution in [2.45, 2.75) is 46.8 Å². The Bertz CT molecular complexity index is 750. The predicted molar refractivity (Wildman–Crippen MR) is 103 cm³/mol. The Morgan fingerprint density at radius 3 is 2.35 bits per heavy atom. The van der Waals surface area contributed by atoms with E-state index in [1.165, 1.54) is 0 Å². The lowest BCUT2D eigenvalue weighted by molar-refractivity contribution is -0.121. The fourth-order valence-corrected chi connectivity index (χ4v) is 2.66. The monoisotopic (exact) mass is 353 g/mol. The van der Waals surface area contributed by atoms with Crippen molar-refractivity contribution in [3.05, 3.63) is 70.3 Å². The van der Waals surface area contributed by atoms with Gasteiger partial charge in [0.25, 0.3) is 0 Å². The minimum Gasteiger partial charge on any atom is -0.377 e. The van der Waals surface area contributed by atoms with Crippen molar-refractivity contribution in [1.29, 1.82) is 0 Å². The van der Waals surface area contributed by atoms with E-state index in [0.29, 0.717) is 25.3 Å². The highest BCUT2D eigenvalue weighted by Gasteiger charge is 2.11. The molecule has 138 valence electrons. The van der Waals surface area contributed by atoms with Crippen LogP contribution in [-0.2, 0) is 22.7 Å². The Balaban J connectivity index is 1.78. The maximum absolute atomic E-state index is 12.3. The highest BCUT2D eigenvalue weighted by molar-refractivity contribution is 5.99. The van der Waals surface area contributed by atoms with Crippen LogP contribution in [0.25, 0.3) is 0 Å². The quantitative estimate of drug-likeness (QED) is 0.690. The summed E-state index contributed by atoms with van der Waals surface area (Å²) in [5.41, 5.74) is 4.85. The van der Waals surface area contributed by atoms with E-state index in [4.69, 9.17) is 4.74 Å². The number of carbonyl (C=O) groups is 2. The van der Waals surface area contributed by atoms with E-state index in [-0.39, 0.29) is 24.5 Å². The Hall–Kier alpha value is -2.46. The number of benzene rings is 2. The lowest BCUT2D eigenvalue weighted by Gasteiger charge is -2.08. The summed E-state index contributed by atoms with van der Waals surface area (Å²) >= 11 is 0. The van der Waals surface area contributed by atoms with Gasteiger partial charge in [0.1, 0.15) is 0 Å². The average Bonchev–Trinajstić information content (AvgIpc) is 2.65. The molecular weight excluding hydrogens is 326 g/mol. The molecule has 1 N–H and O–H groups in total. The van der Waals surface area contributed by atoms with Crippen LogP contribution in [0.4, 0.5) is 0 Å². The number of carbonyl (C=O) groups excluding carboxylic acids is 2. The molecule has 0 aromatic heterocycles. The van der Waals surface area contributed by atoms with E-state index in [0.717, 1.165) is 22.3 Å². The van der Waals surface area contributed by atoms with Gasteiger partial charge in [-0.1, -0.05) is 42.0 Å². The summed E-state index contributed by atoms with van der Waals surface area (Å²) in [6, 6.07) is 13.8. The first-order chi connectivity index (χ1) is 12.5. The second kappa shape index (κ2) is 9.88. The topological polar surface area (TPSA) is 55.4 Å². The number of hydrogen-bond donors (Lipinski definition) is 1. The molecule has 0 unspecified atom stereocenters.